The normalized spacial score (nSPS) is 10.8. The van der Waals surface area contributed by atoms with Gasteiger partial charge >= 0.3 is 0 Å². The Labute approximate surface area is 136 Å². The van der Waals surface area contributed by atoms with Gasteiger partial charge in [0.1, 0.15) is 5.75 Å². The van der Waals surface area contributed by atoms with Crippen molar-refractivity contribution < 1.29 is 9.15 Å². The molecule has 0 fully saturated rings. The van der Waals surface area contributed by atoms with E-state index in [2.05, 4.69) is 15.2 Å². The molecule has 0 unspecified atom stereocenters. The summed E-state index contributed by atoms with van der Waals surface area (Å²) in [5.74, 6) is 2.20. The lowest BCUT2D eigenvalue weighted by molar-refractivity contribution is 0.414. The Morgan fingerprint density at radius 3 is 3.00 bits per heavy atom. The van der Waals surface area contributed by atoms with E-state index in [4.69, 9.17) is 9.15 Å². The molecule has 3 rings (SSSR count). The number of hydrogen-bond acceptors (Lipinski definition) is 7. The lowest BCUT2D eigenvalue weighted by Gasteiger charge is -2.02. The van der Waals surface area contributed by atoms with Crippen LogP contribution in [0.15, 0.2) is 39.3 Å². The molecule has 3 aromatic rings. The summed E-state index contributed by atoms with van der Waals surface area (Å²) in [4.78, 5) is 4.40. The summed E-state index contributed by atoms with van der Waals surface area (Å²) in [6, 6.07) is 7.94. The highest BCUT2D eigenvalue weighted by atomic mass is 32.2. The van der Waals surface area contributed by atoms with E-state index in [1.807, 2.05) is 36.6 Å². The van der Waals surface area contributed by atoms with Gasteiger partial charge in [0.05, 0.1) is 24.2 Å². The van der Waals surface area contributed by atoms with Crippen molar-refractivity contribution >= 4 is 23.1 Å². The first-order valence-electron chi connectivity index (χ1n) is 6.72. The number of ether oxygens (including phenoxy) is 1. The van der Waals surface area contributed by atoms with Gasteiger partial charge in [-0.05, 0) is 24.6 Å². The molecule has 0 saturated heterocycles. The molecule has 0 saturated carbocycles. The van der Waals surface area contributed by atoms with Gasteiger partial charge in [0, 0.05) is 11.1 Å². The minimum absolute atomic E-state index is 0.574. The van der Waals surface area contributed by atoms with Crippen LogP contribution in [0.1, 0.15) is 22.2 Å². The van der Waals surface area contributed by atoms with Gasteiger partial charge in [0.2, 0.25) is 5.89 Å². The SMILES string of the molecule is COc1cccc(CSc2nnc(Cc3csc(C)n3)o2)c1. The van der Waals surface area contributed by atoms with Gasteiger partial charge < -0.3 is 9.15 Å². The summed E-state index contributed by atoms with van der Waals surface area (Å²) in [6.45, 7) is 1.98. The molecule has 7 heteroatoms. The van der Waals surface area contributed by atoms with Crippen LogP contribution in [0.5, 0.6) is 5.75 Å². The zero-order valence-corrected chi connectivity index (χ0v) is 13.9. The first-order chi connectivity index (χ1) is 10.7. The Kier molecular flexibility index (Phi) is 4.74. The summed E-state index contributed by atoms with van der Waals surface area (Å²) < 4.78 is 10.9. The molecule has 0 aliphatic carbocycles. The van der Waals surface area contributed by atoms with Crippen LogP contribution in [-0.4, -0.2) is 22.3 Å². The van der Waals surface area contributed by atoms with Crippen LogP contribution in [0.3, 0.4) is 0 Å². The second-order valence-electron chi connectivity index (χ2n) is 4.64. The van der Waals surface area contributed by atoms with Crippen LogP contribution in [0, 0.1) is 6.92 Å². The molecule has 0 aliphatic rings. The maximum atomic E-state index is 5.65. The van der Waals surface area contributed by atoms with Gasteiger partial charge in [-0.1, -0.05) is 23.9 Å². The Hall–Kier alpha value is -1.86. The van der Waals surface area contributed by atoms with Gasteiger partial charge in [-0.3, -0.25) is 0 Å². The summed E-state index contributed by atoms with van der Waals surface area (Å²) >= 11 is 3.14. The second kappa shape index (κ2) is 6.93. The number of thioether (sulfide) groups is 1. The number of nitrogens with zero attached hydrogens (tertiary/aromatic N) is 3. The molecule has 2 heterocycles. The highest BCUT2D eigenvalue weighted by Gasteiger charge is 2.09. The van der Waals surface area contributed by atoms with E-state index in [9.17, 15) is 0 Å². The smallest absolute Gasteiger partial charge is 0.276 e. The first-order valence-corrected chi connectivity index (χ1v) is 8.58. The van der Waals surface area contributed by atoms with E-state index >= 15 is 0 Å². The van der Waals surface area contributed by atoms with Gasteiger partial charge in [-0.2, -0.15) is 0 Å². The van der Waals surface area contributed by atoms with E-state index in [-0.39, 0.29) is 0 Å². The van der Waals surface area contributed by atoms with Crippen LogP contribution in [0.4, 0.5) is 0 Å². The topological polar surface area (TPSA) is 61.0 Å². The fourth-order valence-corrected chi connectivity index (χ4v) is 3.26. The molecular formula is C15H15N3O2S2. The Balaban J connectivity index is 1.59. The van der Waals surface area contributed by atoms with Crippen LogP contribution < -0.4 is 4.74 Å². The molecule has 0 bridgehead atoms. The molecule has 114 valence electrons. The van der Waals surface area contributed by atoms with E-state index in [0.29, 0.717) is 17.5 Å². The Morgan fingerprint density at radius 1 is 1.32 bits per heavy atom. The molecule has 0 spiro atoms. The van der Waals surface area contributed by atoms with Crippen LogP contribution in [-0.2, 0) is 12.2 Å². The Bertz CT molecular complexity index is 755. The fourth-order valence-electron chi connectivity index (χ4n) is 1.92. The average molecular weight is 333 g/mol. The van der Waals surface area contributed by atoms with Gasteiger partial charge in [0.15, 0.2) is 0 Å². The van der Waals surface area contributed by atoms with E-state index in [1.54, 1.807) is 18.4 Å². The number of rotatable bonds is 6. The summed E-state index contributed by atoms with van der Waals surface area (Å²) in [6.07, 6.45) is 0.580. The summed E-state index contributed by atoms with van der Waals surface area (Å²) in [5.41, 5.74) is 2.12. The quantitative estimate of drug-likeness (QED) is 0.641. The zero-order chi connectivity index (χ0) is 15.4. The monoisotopic (exact) mass is 333 g/mol. The van der Waals surface area contributed by atoms with Gasteiger partial charge in [0.25, 0.3) is 5.22 Å². The van der Waals surface area contributed by atoms with E-state index in [1.165, 1.54) is 11.8 Å². The molecule has 2 aromatic heterocycles. The van der Waals surface area contributed by atoms with Crippen molar-refractivity contribution in [3.63, 3.8) is 0 Å². The minimum Gasteiger partial charge on any atom is -0.497 e. The molecule has 0 aliphatic heterocycles. The molecule has 0 atom stereocenters. The van der Waals surface area contributed by atoms with Crippen molar-refractivity contribution in [2.75, 3.05) is 7.11 Å². The summed E-state index contributed by atoms with van der Waals surface area (Å²) in [7, 11) is 1.66. The molecule has 0 amide bonds. The average Bonchev–Trinajstić information content (AvgIpc) is 3.15. The van der Waals surface area contributed by atoms with E-state index < -0.39 is 0 Å². The lowest BCUT2D eigenvalue weighted by Crippen LogP contribution is -1.88. The Morgan fingerprint density at radius 2 is 2.23 bits per heavy atom. The maximum Gasteiger partial charge on any atom is 0.276 e. The number of aryl methyl sites for hydroxylation is 1. The lowest BCUT2D eigenvalue weighted by atomic mass is 10.2. The molecule has 5 nitrogen and oxygen atoms in total. The highest BCUT2D eigenvalue weighted by Crippen LogP contribution is 2.24. The number of hydrogen-bond donors (Lipinski definition) is 0. The van der Waals surface area contributed by atoms with Crippen molar-refractivity contribution in [3.05, 3.63) is 51.8 Å². The van der Waals surface area contributed by atoms with Crippen molar-refractivity contribution in [1.82, 2.24) is 15.2 Å². The molecular weight excluding hydrogens is 318 g/mol. The third kappa shape index (κ3) is 3.86. The summed E-state index contributed by atoms with van der Waals surface area (Å²) in [5, 5.41) is 11.8. The molecule has 0 radical (unpaired) electrons. The molecule has 1 aromatic carbocycles. The minimum atomic E-state index is 0.574. The number of benzene rings is 1. The van der Waals surface area contributed by atoms with Gasteiger partial charge in [-0.25, -0.2) is 4.98 Å². The predicted molar refractivity (Wildman–Crippen MR) is 86.5 cm³/mol. The van der Waals surface area contributed by atoms with Crippen molar-refractivity contribution in [1.29, 1.82) is 0 Å². The van der Waals surface area contributed by atoms with Crippen LogP contribution >= 0.6 is 23.1 Å². The van der Waals surface area contributed by atoms with Gasteiger partial charge in [-0.15, -0.1) is 21.5 Å². The molecule has 0 N–H and O–H groups in total. The maximum absolute atomic E-state index is 5.65. The second-order valence-corrected chi connectivity index (χ2v) is 6.63. The predicted octanol–water partition coefficient (Wildman–Crippen LogP) is 3.73. The molecule has 22 heavy (non-hydrogen) atoms. The third-order valence-electron chi connectivity index (χ3n) is 2.94. The standard InChI is InChI=1S/C15H15N3O2S2/c1-10-16-12(9-21-10)7-14-17-18-15(20-14)22-8-11-4-3-5-13(6-11)19-2/h3-6,9H,7-8H2,1-2H3. The van der Waals surface area contributed by atoms with Crippen molar-refractivity contribution in [2.24, 2.45) is 0 Å². The third-order valence-corrected chi connectivity index (χ3v) is 4.66. The van der Waals surface area contributed by atoms with Crippen molar-refractivity contribution in [2.45, 2.75) is 24.3 Å². The van der Waals surface area contributed by atoms with Crippen LogP contribution in [0.2, 0.25) is 0 Å². The number of aromatic nitrogens is 3. The van der Waals surface area contributed by atoms with Crippen LogP contribution in [0.25, 0.3) is 0 Å². The van der Waals surface area contributed by atoms with E-state index in [0.717, 1.165) is 27.8 Å². The fraction of sp³-hybridized carbons (Fsp3) is 0.267. The highest BCUT2D eigenvalue weighted by molar-refractivity contribution is 7.98. The zero-order valence-electron chi connectivity index (χ0n) is 12.3. The van der Waals surface area contributed by atoms with Crippen molar-refractivity contribution in [3.8, 4) is 5.75 Å². The largest absolute Gasteiger partial charge is 0.497 e. The number of thiazole rings is 1. The first kappa shape index (κ1) is 15.1. The number of methoxy groups -OCH3 is 1.